The Morgan fingerprint density at radius 1 is 1.36 bits per heavy atom. The monoisotopic (exact) mass is 325 g/mol. The Kier molecular flexibility index (Phi) is 4.97. The zero-order valence-electron chi connectivity index (χ0n) is 11.8. The number of nitro benzene ring substituents is 1. The SMILES string of the molecule is NC(=O)[C@H]1CCC[C@@H](NC(=O)c2ccc([N+](=O)[O-])c(Cl)c2)C1. The molecule has 0 radical (unpaired) electrons. The number of amides is 2. The van der Waals surface area contributed by atoms with Crippen molar-refractivity contribution in [1.82, 2.24) is 5.32 Å². The molecule has 118 valence electrons. The third-order valence-corrected chi connectivity index (χ3v) is 4.12. The van der Waals surface area contributed by atoms with Gasteiger partial charge in [-0.25, -0.2) is 0 Å². The molecule has 1 saturated carbocycles. The summed E-state index contributed by atoms with van der Waals surface area (Å²) in [6, 6.07) is 3.69. The fourth-order valence-electron chi connectivity index (χ4n) is 2.64. The minimum Gasteiger partial charge on any atom is -0.369 e. The zero-order chi connectivity index (χ0) is 16.3. The van der Waals surface area contributed by atoms with Crippen molar-refractivity contribution in [2.24, 2.45) is 11.7 Å². The minimum absolute atomic E-state index is 0.0868. The van der Waals surface area contributed by atoms with Crippen molar-refractivity contribution in [3.05, 3.63) is 38.9 Å². The van der Waals surface area contributed by atoms with E-state index in [1.165, 1.54) is 18.2 Å². The number of nitrogens with one attached hydrogen (secondary N) is 1. The van der Waals surface area contributed by atoms with Gasteiger partial charge in [-0.15, -0.1) is 0 Å². The lowest BCUT2D eigenvalue weighted by Gasteiger charge is -2.27. The highest BCUT2D eigenvalue weighted by Crippen LogP contribution is 2.26. The molecule has 0 saturated heterocycles. The predicted molar refractivity (Wildman–Crippen MR) is 80.5 cm³/mol. The van der Waals surface area contributed by atoms with E-state index < -0.39 is 4.92 Å². The van der Waals surface area contributed by atoms with Gasteiger partial charge in [-0.1, -0.05) is 18.0 Å². The molecule has 0 heterocycles. The van der Waals surface area contributed by atoms with E-state index in [0.29, 0.717) is 6.42 Å². The Bertz CT molecular complexity index is 620. The van der Waals surface area contributed by atoms with Gasteiger partial charge in [0.1, 0.15) is 5.02 Å². The summed E-state index contributed by atoms with van der Waals surface area (Å²) >= 11 is 5.79. The Labute approximate surface area is 132 Å². The molecule has 1 aromatic rings. The highest BCUT2D eigenvalue weighted by atomic mass is 35.5. The molecular weight excluding hydrogens is 310 g/mol. The molecule has 3 N–H and O–H groups in total. The number of rotatable bonds is 4. The maximum Gasteiger partial charge on any atom is 0.287 e. The van der Waals surface area contributed by atoms with Gasteiger partial charge in [0.05, 0.1) is 4.92 Å². The summed E-state index contributed by atoms with van der Waals surface area (Å²) in [5, 5.41) is 13.4. The molecule has 0 bridgehead atoms. The Morgan fingerprint density at radius 3 is 2.68 bits per heavy atom. The second-order valence-electron chi connectivity index (χ2n) is 5.36. The van der Waals surface area contributed by atoms with Crippen LogP contribution < -0.4 is 11.1 Å². The van der Waals surface area contributed by atoms with Crippen LogP contribution in [0.1, 0.15) is 36.0 Å². The molecule has 1 aromatic carbocycles. The molecule has 8 heteroatoms. The summed E-state index contributed by atoms with van der Waals surface area (Å²) in [5.41, 5.74) is 5.30. The molecule has 7 nitrogen and oxygen atoms in total. The van der Waals surface area contributed by atoms with Crippen LogP contribution in [-0.2, 0) is 4.79 Å². The van der Waals surface area contributed by atoms with E-state index in [1.807, 2.05) is 0 Å². The molecular formula is C14H16ClN3O4. The van der Waals surface area contributed by atoms with Crippen LogP contribution in [0.5, 0.6) is 0 Å². The lowest BCUT2D eigenvalue weighted by atomic mass is 9.85. The first-order valence-corrected chi connectivity index (χ1v) is 7.30. The Hall–Kier alpha value is -2.15. The van der Waals surface area contributed by atoms with E-state index in [4.69, 9.17) is 17.3 Å². The predicted octanol–water partition coefficient (Wildman–Crippen LogP) is 2.02. The first-order chi connectivity index (χ1) is 10.4. The van der Waals surface area contributed by atoms with E-state index in [2.05, 4.69) is 5.32 Å². The van der Waals surface area contributed by atoms with Gasteiger partial charge in [0.2, 0.25) is 5.91 Å². The lowest BCUT2D eigenvalue weighted by Crippen LogP contribution is -2.41. The van der Waals surface area contributed by atoms with Gasteiger partial charge in [-0.05, 0) is 31.4 Å². The van der Waals surface area contributed by atoms with E-state index in [9.17, 15) is 19.7 Å². The van der Waals surface area contributed by atoms with Crippen LogP contribution in [0.2, 0.25) is 5.02 Å². The number of hydrogen-bond donors (Lipinski definition) is 2. The maximum atomic E-state index is 12.2. The number of nitrogens with two attached hydrogens (primary N) is 1. The number of nitrogens with zero attached hydrogens (tertiary/aromatic N) is 1. The molecule has 2 amide bonds. The van der Waals surface area contributed by atoms with Crippen molar-refractivity contribution >= 4 is 29.1 Å². The topological polar surface area (TPSA) is 115 Å². The second kappa shape index (κ2) is 6.74. The van der Waals surface area contributed by atoms with Crippen LogP contribution in [0.15, 0.2) is 18.2 Å². The van der Waals surface area contributed by atoms with E-state index in [-0.39, 0.29) is 40.0 Å². The van der Waals surface area contributed by atoms with Gasteiger partial charge in [0.15, 0.2) is 0 Å². The Morgan fingerprint density at radius 2 is 2.09 bits per heavy atom. The maximum absolute atomic E-state index is 12.2. The molecule has 2 rings (SSSR count). The van der Waals surface area contributed by atoms with Gasteiger partial charge in [-0.3, -0.25) is 19.7 Å². The fraction of sp³-hybridized carbons (Fsp3) is 0.429. The van der Waals surface area contributed by atoms with E-state index in [1.54, 1.807) is 0 Å². The third-order valence-electron chi connectivity index (χ3n) is 3.82. The largest absolute Gasteiger partial charge is 0.369 e. The van der Waals surface area contributed by atoms with Gasteiger partial charge in [0, 0.05) is 23.6 Å². The summed E-state index contributed by atoms with van der Waals surface area (Å²) < 4.78 is 0. The molecule has 0 aliphatic heterocycles. The summed E-state index contributed by atoms with van der Waals surface area (Å²) in [6.45, 7) is 0. The van der Waals surface area contributed by atoms with E-state index in [0.717, 1.165) is 19.3 Å². The third kappa shape index (κ3) is 3.73. The average molecular weight is 326 g/mol. The van der Waals surface area contributed by atoms with E-state index >= 15 is 0 Å². The number of carbonyl (C=O) groups is 2. The summed E-state index contributed by atoms with van der Waals surface area (Å²) in [6.07, 6.45) is 2.85. The summed E-state index contributed by atoms with van der Waals surface area (Å²) in [5.74, 6) is -0.941. The van der Waals surface area contributed by atoms with Gasteiger partial charge in [-0.2, -0.15) is 0 Å². The number of benzene rings is 1. The quantitative estimate of drug-likeness (QED) is 0.650. The highest BCUT2D eigenvalue weighted by Gasteiger charge is 2.27. The van der Waals surface area contributed by atoms with Gasteiger partial charge >= 0.3 is 0 Å². The zero-order valence-corrected chi connectivity index (χ0v) is 12.5. The lowest BCUT2D eigenvalue weighted by molar-refractivity contribution is -0.384. The molecule has 2 atom stereocenters. The minimum atomic E-state index is -0.609. The Balaban J connectivity index is 2.04. The molecule has 0 aromatic heterocycles. The molecule has 0 spiro atoms. The molecule has 1 aliphatic carbocycles. The van der Waals surface area contributed by atoms with Crippen LogP contribution in [0, 0.1) is 16.0 Å². The smallest absolute Gasteiger partial charge is 0.287 e. The fourth-order valence-corrected chi connectivity index (χ4v) is 2.89. The number of carbonyl (C=O) groups excluding carboxylic acids is 2. The second-order valence-corrected chi connectivity index (χ2v) is 5.77. The van der Waals surface area contributed by atoms with Gasteiger partial charge in [0.25, 0.3) is 11.6 Å². The summed E-state index contributed by atoms with van der Waals surface area (Å²) in [4.78, 5) is 33.5. The van der Waals surface area contributed by atoms with Crippen LogP contribution in [0.4, 0.5) is 5.69 Å². The molecule has 0 unspecified atom stereocenters. The van der Waals surface area contributed by atoms with Crippen molar-refractivity contribution in [2.75, 3.05) is 0 Å². The van der Waals surface area contributed by atoms with Gasteiger partial charge < -0.3 is 11.1 Å². The van der Waals surface area contributed by atoms with Crippen molar-refractivity contribution in [1.29, 1.82) is 0 Å². The first kappa shape index (κ1) is 16.2. The first-order valence-electron chi connectivity index (χ1n) is 6.92. The summed E-state index contributed by atoms with van der Waals surface area (Å²) in [7, 11) is 0. The highest BCUT2D eigenvalue weighted by molar-refractivity contribution is 6.33. The standard InChI is InChI=1S/C14H16ClN3O4/c15-11-7-9(4-5-12(11)18(21)22)14(20)17-10-3-1-2-8(6-10)13(16)19/h4-5,7-8,10H,1-3,6H2,(H2,16,19)(H,17,20)/t8-,10+/m0/s1. The van der Waals surface area contributed by atoms with Crippen molar-refractivity contribution < 1.29 is 14.5 Å². The van der Waals surface area contributed by atoms with Crippen molar-refractivity contribution in [3.63, 3.8) is 0 Å². The van der Waals surface area contributed by atoms with Crippen LogP contribution >= 0.6 is 11.6 Å². The number of halogens is 1. The molecule has 1 fully saturated rings. The number of hydrogen-bond acceptors (Lipinski definition) is 4. The normalized spacial score (nSPS) is 21.1. The molecule has 1 aliphatic rings. The van der Waals surface area contributed by atoms with Crippen LogP contribution in [0.25, 0.3) is 0 Å². The average Bonchev–Trinajstić information content (AvgIpc) is 2.46. The number of nitro groups is 1. The van der Waals surface area contributed by atoms with Crippen LogP contribution in [-0.4, -0.2) is 22.8 Å². The molecule has 22 heavy (non-hydrogen) atoms. The number of primary amides is 1. The van der Waals surface area contributed by atoms with Crippen LogP contribution in [0.3, 0.4) is 0 Å². The van der Waals surface area contributed by atoms with Crippen molar-refractivity contribution in [2.45, 2.75) is 31.7 Å². The van der Waals surface area contributed by atoms with Crippen molar-refractivity contribution in [3.8, 4) is 0 Å².